The lowest BCUT2D eigenvalue weighted by Gasteiger charge is -2.61. The van der Waals surface area contributed by atoms with E-state index in [1.54, 1.807) is 11.1 Å². The first-order valence-electron chi connectivity index (χ1n) is 19.0. The van der Waals surface area contributed by atoms with Crippen molar-refractivity contribution in [3.8, 4) is 33.4 Å². The highest BCUT2D eigenvalue weighted by Crippen LogP contribution is 2.70. The fourth-order valence-electron chi connectivity index (χ4n) is 12.1. The SMILES string of the molecule is CC1(C)c2ccccc2-c2ccc(N(c3ccccc3-c3ccccc3)c3cccc4c3-c3ccccc3C43C4CC5CC(C4)CC3C5)cc21. The average Bonchev–Trinajstić information content (AvgIpc) is 3.57. The van der Waals surface area contributed by atoms with Gasteiger partial charge in [0, 0.05) is 27.6 Å². The zero-order valence-electron chi connectivity index (χ0n) is 29.1. The van der Waals surface area contributed by atoms with Crippen molar-refractivity contribution in [1.29, 1.82) is 0 Å². The number of para-hydroxylation sites is 1. The second-order valence-corrected chi connectivity index (χ2v) is 16.5. The molecule has 4 bridgehead atoms. The smallest absolute Gasteiger partial charge is 0.0543 e. The van der Waals surface area contributed by atoms with Crippen LogP contribution in [0.3, 0.4) is 0 Å². The van der Waals surface area contributed by atoms with Crippen LogP contribution in [0.2, 0.25) is 0 Å². The lowest BCUT2D eigenvalue weighted by Crippen LogP contribution is -2.55. The van der Waals surface area contributed by atoms with Crippen LogP contribution in [0, 0.1) is 23.7 Å². The van der Waals surface area contributed by atoms with Crippen LogP contribution in [0.1, 0.15) is 68.2 Å². The first-order valence-corrected chi connectivity index (χ1v) is 19.0. The summed E-state index contributed by atoms with van der Waals surface area (Å²) in [5.74, 6) is 3.33. The van der Waals surface area contributed by atoms with Gasteiger partial charge in [-0.2, -0.15) is 0 Å². The minimum atomic E-state index is -0.0811. The molecule has 0 aromatic heterocycles. The monoisotopic (exact) mass is 645 g/mol. The zero-order valence-corrected chi connectivity index (χ0v) is 29.1. The van der Waals surface area contributed by atoms with Crippen molar-refractivity contribution < 1.29 is 0 Å². The molecule has 244 valence electrons. The molecule has 0 heterocycles. The summed E-state index contributed by atoms with van der Waals surface area (Å²) in [6.07, 6.45) is 7.05. The normalized spacial score (nSPS) is 25.6. The highest BCUT2D eigenvalue weighted by atomic mass is 15.1. The van der Waals surface area contributed by atoms with E-state index in [0.717, 1.165) is 23.7 Å². The molecule has 0 aliphatic heterocycles. The Bertz CT molecular complexity index is 2300. The summed E-state index contributed by atoms with van der Waals surface area (Å²) in [6, 6.07) is 53.2. The van der Waals surface area contributed by atoms with Crippen LogP contribution in [0.5, 0.6) is 0 Å². The predicted molar refractivity (Wildman–Crippen MR) is 207 cm³/mol. The van der Waals surface area contributed by atoms with E-state index in [4.69, 9.17) is 0 Å². The van der Waals surface area contributed by atoms with E-state index in [2.05, 4.69) is 158 Å². The molecule has 6 aliphatic rings. The average molecular weight is 646 g/mol. The fraction of sp³-hybridized carbons (Fsp3) is 0.265. The number of hydrogen-bond acceptors (Lipinski definition) is 1. The Morgan fingerprint density at radius 1 is 0.460 bits per heavy atom. The van der Waals surface area contributed by atoms with Gasteiger partial charge in [-0.25, -0.2) is 0 Å². The molecule has 50 heavy (non-hydrogen) atoms. The van der Waals surface area contributed by atoms with Gasteiger partial charge in [-0.15, -0.1) is 0 Å². The summed E-state index contributed by atoms with van der Waals surface area (Å²) in [4.78, 5) is 2.62. The molecule has 6 aromatic carbocycles. The molecule has 1 nitrogen and oxygen atoms in total. The van der Waals surface area contributed by atoms with Crippen molar-refractivity contribution in [1.82, 2.24) is 0 Å². The molecule has 6 aromatic rings. The van der Waals surface area contributed by atoms with Crippen LogP contribution < -0.4 is 4.90 Å². The van der Waals surface area contributed by atoms with Gasteiger partial charge in [0.25, 0.3) is 0 Å². The van der Waals surface area contributed by atoms with E-state index < -0.39 is 0 Å². The molecule has 6 aliphatic carbocycles. The molecular weight excluding hydrogens is 603 g/mol. The van der Waals surface area contributed by atoms with Crippen LogP contribution >= 0.6 is 0 Å². The van der Waals surface area contributed by atoms with Crippen molar-refractivity contribution in [2.75, 3.05) is 4.90 Å². The number of hydrogen-bond donors (Lipinski definition) is 0. The molecule has 0 atom stereocenters. The third-order valence-corrected chi connectivity index (χ3v) is 13.9. The van der Waals surface area contributed by atoms with E-state index in [9.17, 15) is 0 Å². The second kappa shape index (κ2) is 10.3. The van der Waals surface area contributed by atoms with Gasteiger partial charge in [0.05, 0.1) is 11.4 Å². The molecule has 12 rings (SSSR count). The van der Waals surface area contributed by atoms with E-state index in [-0.39, 0.29) is 10.8 Å². The van der Waals surface area contributed by atoms with Crippen molar-refractivity contribution in [3.05, 3.63) is 162 Å². The second-order valence-electron chi connectivity index (χ2n) is 16.5. The van der Waals surface area contributed by atoms with Gasteiger partial charge in [0.2, 0.25) is 0 Å². The third kappa shape index (κ3) is 3.73. The molecule has 1 heteroatoms. The first-order chi connectivity index (χ1) is 24.5. The molecule has 4 saturated carbocycles. The standard InChI is InChI=1S/C49H43N/c1-48(2)41-18-9-6-16-38(41)39-24-23-36(30-44(39)48)50(45-21-11-8-15-37(45)33-13-4-3-5-14-33)46-22-12-20-43-47(46)40-17-7-10-19-42(40)49(43)34-26-31-25-32(28-34)29-35(49)27-31/h3-24,30-32,34-35H,25-29H2,1-2H3. The summed E-state index contributed by atoms with van der Waals surface area (Å²) in [5.41, 5.74) is 18.0. The van der Waals surface area contributed by atoms with Crippen LogP contribution in [0.15, 0.2) is 140 Å². The predicted octanol–water partition coefficient (Wildman–Crippen LogP) is 12.9. The van der Waals surface area contributed by atoms with Gasteiger partial charge in [0.1, 0.15) is 0 Å². The maximum atomic E-state index is 2.62. The number of benzene rings is 6. The fourth-order valence-corrected chi connectivity index (χ4v) is 12.1. The molecule has 0 saturated heterocycles. The Morgan fingerprint density at radius 2 is 1.04 bits per heavy atom. The molecule has 0 radical (unpaired) electrons. The number of fused-ring (bicyclic) bond motifs is 6. The Morgan fingerprint density at radius 3 is 1.80 bits per heavy atom. The van der Waals surface area contributed by atoms with Crippen LogP contribution in [-0.4, -0.2) is 0 Å². The van der Waals surface area contributed by atoms with Crippen molar-refractivity contribution in [2.45, 2.75) is 56.8 Å². The molecule has 4 fully saturated rings. The van der Waals surface area contributed by atoms with E-state index in [1.807, 2.05) is 0 Å². The van der Waals surface area contributed by atoms with E-state index in [0.29, 0.717) is 0 Å². The summed E-state index contributed by atoms with van der Waals surface area (Å²) in [5, 5.41) is 0. The molecule has 0 amide bonds. The highest BCUT2D eigenvalue weighted by Gasteiger charge is 2.61. The van der Waals surface area contributed by atoms with E-state index >= 15 is 0 Å². The zero-order chi connectivity index (χ0) is 33.2. The van der Waals surface area contributed by atoms with E-state index in [1.165, 1.54) is 93.7 Å². The first kappa shape index (κ1) is 28.9. The lowest BCUT2D eigenvalue weighted by molar-refractivity contribution is -0.0399. The van der Waals surface area contributed by atoms with Crippen LogP contribution in [-0.2, 0) is 10.8 Å². The maximum absolute atomic E-state index is 2.62. The number of rotatable bonds is 4. The Labute approximate surface area is 296 Å². The summed E-state index contributed by atoms with van der Waals surface area (Å²) in [6.45, 7) is 4.80. The van der Waals surface area contributed by atoms with Gasteiger partial charge in [-0.3, -0.25) is 0 Å². The quantitative estimate of drug-likeness (QED) is 0.184. The summed E-state index contributed by atoms with van der Waals surface area (Å²) in [7, 11) is 0. The minimum Gasteiger partial charge on any atom is -0.309 e. The Hall–Kier alpha value is -4.88. The van der Waals surface area contributed by atoms with Gasteiger partial charge < -0.3 is 4.90 Å². The molecule has 1 spiro atoms. The molecule has 0 unspecified atom stereocenters. The van der Waals surface area contributed by atoms with Crippen LogP contribution in [0.4, 0.5) is 17.1 Å². The molecular formula is C49H43N. The van der Waals surface area contributed by atoms with Gasteiger partial charge in [-0.05, 0) is 125 Å². The van der Waals surface area contributed by atoms with Crippen LogP contribution in [0.25, 0.3) is 33.4 Å². The Kier molecular flexibility index (Phi) is 5.97. The third-order valence-electron chi connectivity index (χ3n) is 13.9. The highest BCUT2D eigenvalue weighted by molar-refractivity contribution is 5.98. The summed E-state index contributed by atoms with van der Waals surface area (Å²) < 4.78 is 0. The lowest BCUT2D eigenvalue weighted by atomic mass is 9.43. The van der Waals surface area contributed by atoms with Gasteiger partial charge >= 0.3 is 0 Å². The Balaban J connectivity index is 1.19. The topological polar surface area (TPSA) is 3.24 Å². The minimum absolute atomic E-state index is 0.0811. The number of nitrogens with zero attached hydrogens (tertiary/aromatic N) is 1. The van der Waals surface area contributed by atoms with Gasteiger partial charge in [-0.1, -0.05) is 129 Å². The molecule has 0 N–H and O–H groups in total. The maximum Gasteiger partial charge on any atom is 0.0543 e. The van der Waals surface area contributed by atoms with Crippen molar-refractivity contribution in [2.24, 2.45) is 23.7 Å². The van der Waals surface area contributed by atoms with Crippen molar-refractivity contribution in [3.63, 3.8) is 0 Å². The van der Waals surface area contributed by atoms with Gasteiger partial charge in [0.15, 0.2) is 0 Å². The van der Waals surface area contributed by atoms with Crippen molar-refractivity contribution >= 4 is 17.1 Å². The number of anilines is 3. The largest absolute Gasteiger partial charge is 0.309 e. The summed E-state index contributed by atoms with van der Waals surface area (Å²) >= 11 is 0.